The number of carbonyl (C=O) groups excluding carboxylic acids is 2. The van der Waals surface area contributed by atoms with Gasteiger partial charge in [0.05, 0.1) is 24.0 Å². The van der Waals surface area contributed by atoms with Crippen LogP contribution in [0.4, 0.5) is 0 Å². The molecular formula is C20H18N2O5S. The molecule has 0 aliphatic heterocycles. The van der Waals surface area contributed by atoms with E-state index in [2.05, 4.69) is 10.1 Å². The molecule has 3 aromatic rings. The molecule has 8 heteroatoms. The van der Waals surface area contributed by atoms with Crippen molar-refractivity contribution in [3.63, 3.8) is 0 Å². The number of benzene rings is 2. The standard InChI is InChI=1S/C20H18N2O5S/c1-13-21-18(27-22-13)12-28-17-9-4-3-8-16(17)20(24)26-11-14-6-5-7-15(10-14)19(23)25-2/h3-10H,11-12H2,1-2H3. The Morgan fingerprint density at radius 1 is 1.11 bits per heavy atom. The monoisotopic (exact) mass is 398 g/mol. The van der Waals surface area contributed by atoms with Gasteiger partial charge in [0.1, 0.15) is 6.61 Å². The van der Waals surface area contributed by atoms with Gasteiger partial charge in [0, 0.05) is 4.90 Å². The van der Waals surface area contributed by atoms with E-state index in [0.717, 1.165) is 4.90 Å². The Labute approximate surface area is 166 Å². The summed E-state index contributed by atoms with van der Waals surface area (Å²) in [5, 5.41) is 3.75. The van der Waals surface area contributed by atoms with Gasteiger partial charge in [-0.25, -0.2) is 9.59 Å². The number of ether oxygens (including phenoxy) is 2. The molecule has 0 N–H and O–H groups in total. The molecule has 0 bridgehead atoms. The molecule has 1 heterocycles. The third kappa shape index (κ3) is 4.98. The summed E-state index contributed by atoms with van der Waals surface area (Å²) in [7, 11) is 1.32. The minimum Gasteiger partial charge on any atom is -0.465 e. The molecule has 28 heavy (non-hydrogen) atoms. The predicted molar refractivity (Wildman–Crippen MR) is 102 cm³/mol. The van der Waals surface area contributed by atoms with Gasteiger partial charge in [-0.2, -0.15) is 4.98 Å². The first-order chi connectivity index (χ1) is 13.6. The lowest BCUT2D eigenvalue weighted by molar-refractivity contribution is 0.0468. The number of hydrogen-bond donors (Lipinski definition) is 0. The number of aryl methyl sites for hydroxylation is 1. The second-order valence-electron chi connectivity index (χ2n) is 5.79. The van der Waals surface area contributed by atoms with E-state index in [0.29, 0.717) is 34.2 Å². The van der Waals surface area contributed by atoms with E-state index in [1.54, 1.807) is 43.3 Å². The number of carbonyl (C=O) groups is 2. The summed E-state index contributed by atoms with van der Waals surface area (Å²) in [5.41, 5.74) is 1.55. The van der Waals surface area contributed by atoms with E-state index in [-0.39, 0.29) is 6.61 Å². The highest BCUT2D eigenvalue weighted by Crippen LogP contribution is 2.26. The van der Waals surface area contributed by atoms with E-state index in [1.807, 2.05) is 12.1 Å². The Bertz CT molecular complexity index is 986. The van der Waals surface area contributed by atoms with Crippen LogP contribution in [0.25, 0.3) is 0 Å². The fourth-order valence-corrected chi connectivity index (χ4v) is 3.31. The molecule has 144 valence electrons. The summed E-state index contributed by atoms with van der Waals surface area (Å²) in [6.07, 6.45) is 0. The van der Waals surface area contributed by atoms with Crippen molar-refractivity contribution >= 4 is 23.7 Å². The van der Waals surface area contributed by atoms with Crippen molar-refractivity contribution in [2.75, 3.05) is 7.11 Å². The van der Waals surface area contributed by atoms with E-state index in [1.165, 1.54) is 18.9 Å². The molecule has 0 radical (unpaired) electrons. The third-order valence-electron chi connectivity index (χ3n) is 3.75. The summed E-state index contributed by atoms with van der Waals surface area (Å²) < 4.78 is 15.2. The van der Waals surface area contributed by atoms with Crippen LogP contribution in [0.5, 0.6) is 0 Å². The Hall–Kier alpha value is -3.13. The topological polar surface area (TPSA) is 91.5 Å². The maximum Gasteiger partial charge on any atom is 0.339 e. The molecule has 0 fully saturated rings. The highest BCUT2D eigenvalue weighted by Gasteiger charge is 2.15. The lowest BCUT2D eigenvalue weighted by Crippen LogP contribution is -2.08. The fourth-order valence-electron chi connectivity index (χ4n) is 2.43. The fraction of sp³-hybridized carbons (Fsp3) is 0.200. The first kappa shape index (κ1) is 19.6. The summed E-state index contributed by atoms with van der Waals surface area (Å²) in [6, 6.07) is 13.9. The van der Waals surface area contributed by atoms with Gasteiger partial charge in [0.25, 0.3) is 0 Å². The Morgan fingerprint density at radius 3 is 2.68 bits per heavy atom. The second-order valence-corrected chi connectivity index (χ2v) is 6.81. The Kier molecular flexibility index (Phi) is 6.44. The lowest BCUT2D eigenvalue weighted by atomic mass is 10.1. The maximum absolute atomic E-state index is 12.6. The molecule has 0 saturated heterocycles. The van der Waals surface area contributed by atoms with E-state index >= 15 is 0 Å². The molecule has 0 atom stereocenters. The molecule has 0 amide bonds. The largest absolute Gasteiger partial charge is 0.465 e. The van der Waals surface area contributed by atoms with Gasteiger partial charge in [0.2, 0.25) is 5.89 Å². The quantitative estimate of drug-likeness (QED) is 0.438. The van der Waals surface area contributed by atoms with Crippen LogP contribution in [0.2, 0.25) is 0 Å². The van der Waals surface area contributed by atoms with Crippen LogP contribution in [-0.4, -0.2) is 29.2 Å². The van der Waals surface area contributed by atoms with Crippen molar-refractivity contribution in [3.05, 3.63) is 76.9 Å². The molecule has 7 nitrogen and oxygen atoms in total. The second kappa shape index (κ2) is 9.18. The SMILES string of the molecule is COC(=O)c1cccc(COC(=O)c2ccccc2SCc2nc(C)no2)c1. The molecular weight excluding hydrogens is 380 g/mol. The number of thioether (sulfide) groups is 1. The van der Waals surface area contributed by atoms with Crippen molar-refractivity contribution in [2.24, 2.45) is 0 Å². The van der Waals surface area contributed by atoms with E-state index in [9.17, 15) is 9.59 Å². The zero-order valence-corrected chi connectivity index (χ0v) is 16.2. The minimum absolute atomic E-state index is 0.0471. The number of aromatic nitrogens is 2. The Balaban J connectivity index is 1.65. The average Bonchev–Trinajstić information content (AvgIpc) is 3.15. The normalized spacial score (nSPS) is 10.5. The lowest BCUT2D eigenvalue weighted by Gasteiger charge is -2.09. The molecule has 1 aromatic heterocycles. The van der Waals surface area contributed by atoms with Crippen LogP contribution < -0.4 is 0 Å². The smallest absolute Gasteiger partial charge is 0.339 e. The van der Waals surface area contributed by atoms with Gasteiger partial charge in [-0.3, -0.25) is 0 Å². The summed E-state index contributed by atoms with van der Waals surface area (Å²) in [6.45, 7) is 1.80. The first-order valence-corrected chi connectivity index (χ1v) is 9.41. The van der Waals surface area contributed by atoms with Gasteiger partial charge in [-0.1, -0.05) is 29.4 Å². The third-order valence-corrected chi connectivity index (χ3v) is 4.80. The zero-order valence-electron chi connectivity index (χ0n) is 15.4. The van der Waals surface area contributed by atoms with Gasteiger partial charge in [-0.15, -0.1) is 11.8 Å². The van der Waals surface area contributed by atoms with Crippen molar-refractivity contribution in [2.45, 2.75) is 24.2 Å². The number of esters is 2. The van der Waals surface area contributed by atoms with Crippen LogP contribution in [-0.2, 0) is 21.8 Å². The average molecular weight is 398 g/mol. The van der Waals surface area contributed by atoms with Crippen molar-refractivity contribution in [1.29, 1.82) is 0 Å². The minimum atomic E-state index is -0.451. The van der Waals surface area contributed by atoms with Gasteiger partial charge < -0.3 is 14.0 Å². The number of rotatable bonds is 7. The van der Waals surface area contributed by atoms with Crippen LogP contribution in [0.15, 0.2) is 57.9 Å². The summed E-state index contributed by atoms with van der Waals surface area (Å²) >= 11 is 1.41. The first-order valence-electron chi connectivity index (χ1n) is 8.42. The van der Waals surface area contributed by atoms with Crippen molar-refractivity contribution < 1.29 is 23.6 Å². The maximum atomic E-state index is 12.6. The van der Waals surface area contributed by atoms with Gasteiger partial charge in [0.15, 0.2) is 5.82 Å². The predicted octanol–water partition coefficient (Wildman–Crippen LogP) is 3.81. The highest BCUT2D eigenvalue weighted by atomic mass is 32.2. The van der Waals surface area contributed by atoms with E-state index in [4.69, 9.17) is 14.0 Å². The highest BCUT2D eigenvalue weighted by molar-refractivity contribution is 7.98. The zero-order chi connectivity index (χ0) is 19.9. The summed E-state index contributed by atoms with van der Waals surface area (Å²) in [5.74, 6) is 0.619. The van der Waals surface area contributed by atoms with E-state index < -0.39 is 11.9 Å². The van der Waals surface area contributed by atoms with Crippen molar-refractivity contribution in [1.82, 2.24) is 10.1 Å². The molecule has 3 rings (SSSR count). The molecule has 0 aliphatic carbocycles. The molecule has 0 aliphatic rings. The molecule has 0 unspecified atom stereocenters. The van der Waals surface area contributed by atoms with Crippen LogP contribution >= 0.6 is 11.8 Å². The molecule has 0 saturated carbocycles. The summed E-state index contributed by atoms with van der Waals surface area (Å²) in [4.78, 5) is 29.1. The molecule has 2 aromatic carbocycles. The number of hydrogen-bond acceptors (Lipinski definition) is 8. The van der Waals surface area contributed by atoms with Crippen LogP contribution in [0, 0.1) is 6.92 Å². The van der Waals surface area contributed by atoms with Gasteiger partial charge >= 0.3 is 11.9 Å². The van der Waals surface area contributed by atoms with Crippen molar-refractivity contribution in [3.8, 4) is 0 Å². The van der Waals surface area contributed by atoms with Crippen LogP contribution in [0.1, 0.15) is 38.0 Å². The van der Waals surface area contributed by atoms with Crippen LogP contribution in [0.3, 0.4) is 0 Å². The number of nitrogens with zero attached hydrogens (tertiary/aromatic N) is 2. The molecule has 0 spiro atoms. The number of methoxy groups -OCH3 is 1. The Morgan fingerprint density at radius 2 is 1.93 bits per heavy atom. The van der Waals surface area contributed by atoms with Gasteiger partial charge in [-0.05, 0) is 36.8 Å².